The van der Waals surface area contributed by atoms with Gasteiger partial charge < -0.3 is 10.2 Å². The first-order valence-electron chi connectivity index (χ1n) is 13.8. The summed E-state index contributed by atoms with van der Waals surface area (Å²) in [6, 6.07) is 19.2. The Labute approximate surface area is 252 Å². The van der Waals surface area contributed by atoms with Gasteiger partial charge in [0.15, 0.2) is 0 Å². The van der Waals surface area contributed by atoms with Crippen LogP contribution in [0.2, 0.25) is 10.0 Å². The van der Waals surface area contributed by atoms with Crippen molar-refractivity contribution in [2.24, 2.45) is 0 Å². The minimum absolute atomic E-state index is 0.000113. The molecule has 0 radical (unpaired) electrons. The lowest BCUT2D eigenvalue weighted by molar-refractivity contribution is -0.140. The molecule has 3 aromatic rings. The van der Waals surface area contributed by atoms with Crippen LogP contribution < -0.4 is 9.62 Å². The number of nitrogens with one attached hydrogen (secondary N) is 1. The second kappa shape index (κ2) is 13.7. The van der Waals surface area contributed by atoms with E-state index in [4.69, 9.17) is 23.2 Å². The van der Waals surface area contributed by atoms with Gasteiger partial charge in [-0.3, -0.25) is 13.9 Å². The molecule has 0 spiro atoms. The van der Waals surface area contributed by atoms with Gasteiger partial charge in [0, 0.05) is 22.6 Å². The number of anilines is 1. The van der Waals surface area contributed by atoms with Crippen molar-refractivity contribution >= 4 is 50.7 Å². The fraction of sp³-hybridized carbons (Fsp3) is 0.355. The first-order valence-corrected chi connectivity index (χ1v) is 16.0. The molecule has 218 valence electrons. The van der Waals surface area contributed by atoms with Crippen LogP contribution in [0, 0.1) is 6.92 Å². The van der Waals surface area contributed by atoms with Crippen LogP contribution in [0.25, 0.3) is 0 Å². The second-order valence-electron chi connectivity index (χ2n) is 10.3. The van der Waals surface area contributed by atoms with Crippen LogP contribution in [0.3, 0.4) is 0 Å². The van der Waals surface area contributed by atoms with Crippen LogP contribution in [0.1, 0.15) is 50.2 Å². The molecule has 4 rings (SSSR count). The topological polar surface area (TPSA) is 86.8 Å². The third-order valence-corrected chi connectivity index (χ3v) is 9.76. The molecule has 41 heavy (non-hydrogen) atoms. The van der Waals surface area contributed by atoms with Crippen LogP contribution in [-0.2, 0) is 26.2 Å². The van der Waals surface area contributed by atoms with Gasteiger partial charge in [-0.1, -0.05) is 73.3 Å². The van der Waals surface area contributed by atoms with Gasteiger partial charge in [-0.15, -0.1) is 0 Å². The summed E-state index contributed by atoms with van der Waals surface area (Å²) in [4.78, 5) is 29.1. The predicted molar refractivity (Wildman–Crippen MR) is 164 cm³/mol. The first kappa shape index (κ1) is 30.9. The highest BCUT2D eigenvalue weighted by atomic mass is 35.5. The number of rotatable bonds is 11. The molecule has 1 fully saturated rings. The minimum Gasteiger partial charge on any atom is -0.352 e. The molecule has 7 nitrogen and oxygen atoms in total. The number of carbonyl (C=O) groups excluding carboxylic acids is 2. The maximum absolute atomic E-state index is 14.2. The van der Waals surface area contributed by atoms with Crippen molar-refractivity contribution in [3.8, 4) is 0 Å². The van der Waals surface area contributed by atoms with E-state index in [1.807, 2.05) is 26.0 Å². The highest BCUT2D eigenvalue weighted by molar-refractivity contribution is 7.92. The smallest absolute Gasteiger partial charge is 0.264 e. The van der Waals surface area contributed by atoms with E-state index in [9.17, 15) is 18.0 Å². The van der Waals surface area contributed by atoms with Gasteiger partial charge in [-0.2, -0.15) is 0 Å². The van der Waals surface area contributed by atoms with Crippen molar-refractivity contribution in [1.29, 1.82) is 0 Å². The van der Waals surface area contributed by atoms with Gasteiger partial charge in [0.05, 0.1) is 10.6 Å². The van der Waals surface area contributed by atoms with Crippen LogP contribution >= 0.6 is 23.2 Å². The maximum atomic E-state index is 14.2. The van der Waals surface area contributed by atoms with E-state index in [-0.39, 0.29) is 23.4 Å². The number of hydrogen-bond acceptors (Lipinski definition) is 4. The molecule has 3 aromatic carbocycles. The lowest BCUT2D eigenvalue weighted by Crippen LogP contribution is -2.53. The Morgan fingerprint density at radius 1 is 0.976 bits per heavy atom. The highest BCUT2D eigenvalue weighted by Gasteiger charge is 2.34. The molecule has 0 aliphatic heterocycles. The third-order valence-electron chi connectivity index (χ3n) is 7.36. The SMILES string of the molecule is CC[C@H](C(=O)NC1CCCC1)N(Cc1ccccc1Cl)C(=O)CN(c1cccc(C)c1)S(=O)(=O)c1ccc(Cl)cc1. The minimum atomic E-state index is -4.17. The lowest BCUT2D eigenvalue weighted by atomic mass is 10.1. The summed E-state index contributed by atoms with van der Waals surface area (Å²) in [7, 11) is -4.17. The van der Waals surface area contributed by atoms with E-state index in [1.165, 1.54) is 29.2 Å². The average molecular weight is 617 g/mol. The van der Waals surface area contributed by atoms with Gasteiger partial charge in [0.2, 0.25) is 11.8 Å². The molecule has 1 saturated carbocycles. The van der Waals surface area contributed by atoms with E-state index in [1.54, 1.807) is 36.4 Å². The molecule has 0 bridgehead atoms. The second-order valence-corrected chi connectivity index (χ2v) is 13.0. The van der Waals surface area contributed by atoms with Crippen molar-refractivity contribution in [2.45, 2.75) is 69.5 Å². The Morgan fingerprint density at radius 2 is 1.66 bits per heavy atom. The zero-order valence-corrected chi connectivity index (χ0v) is 25.6. The quantitative estimate of drug-likeness (QED) is 0.272. The van der Waals surface area contributed by atoms with Crippen LogP contribution in [0.5, 0.6) is 0 Å². The summed E-state index contributed by atoms with van der Waals surface area (Å²) < 4.78 is 29.0. The normalized spacial score (nSPS) is 14.4. The molecule has 10 heteroatoms. The van der Waals surface area contributed by atoms with Gasteiger partial charge in [-0.25, -0.2) is 8.42 Å². The summed E-state index contributed by atoms with van der Waals surface area (Å²) in [6.07, 6.45) is 4.27. The number of amides is 2. The molecular weight excluding hydrogens is 581 g/mol. The number of halogens is 2. The summed E-state index contributed by atoms with van der Waals surface area (Å²) in [5, 5.41) is 3.96. The number of aryl methyl sites for hydroxylation is 1. The monoisotopic (exact) mass is 615 g/mol. The molecule has 2 amide bonds. The lowest BCUT2D eigenvalue weighted by Gasteiger charge is -2.34. The number of nitrogens with zero attached hydrogens (tertiary/aromatic N) is 2. The Morgan fingerprint density at radius 3 is 2.29 bits per heavy atom. The zero-order chi connectivity index (χ0) is 29.6. The Bertz CT molecular complexity index is 1470. The number of sulfonamides is 1. The van der Waals surface area contributed by atoms with Gasteiger partial charge in [-0.05, 0) is 79.8 Å². The zero-order valence-electron chi connectivity index (χ0n) is 23.2. The fourth-order valence-corrected chi connectivity index (χ4v) is 6.87. The van der Waals surface area contributed by atoms with Crippen molar-refractivity contribution in [1.82, 2.24) is 10.2 Å². The third kappa shape index (κ3) is 7.61. The number of benzene rings is 3. The van der Waals surface area contributed by atoms with E-state index in [0.717, 1.165) is 35.6 Å². The maximum Gasteiger partial charge on any atom is 0.264 e. The van der Waals surface area contributed by atoms with E-state index in [2.05, 4.69) is 5.32 Å². The van der Waals surface area contributed by atoms with E-state index < -0.39 is 28.5 Å². The molecule has 1 atom stereocenters. The van der Waals surface area contributed by atoms with Crippen molar-refractivity contribution in [3.05, 3.63) is 94.0 Å². The van der Waals surface area contributed by atoms with E-state index in [0.29, 0.717) is 27.7 Å². The Balaban J connectivity index is 1.72. The Kier molecular flexibility index (Phi) is 10.3. The largest absolute Gasteiger partial charge is 0.352 e. The van der Waals surface area contributed by atoms with Gasteiger partial charge >= 0.3 is 0 Å². The van der Waals surface area contributed by atoms with Crippen LogP contribution in [-0.4, -0.2) is 43.8 Å². The molecule has 0 unspecified atom stereocenters. The molecule has 1 aliphatic rings. The molecule has 0 aromatic heterocycles. The summed E-state index contributed by atoms with van der Waals surface area (Å²) in [6.45, 7) is 3.24. The summed E-state index contributed by atoms with van der Waals surface area (Å²) >= 11 is 12.5. The van der Waals surface area contributed by atoms with E-state index >= 15 is 0 Å². The van der Waals surface area contributed by atoms with Crippen molar-refractivity contribution in [2.75, 3.05) is 10.8 Å². The highest BCUT2D eigenvalue weighted by Crippen LogP contribution is 2.27. The summed E-state index contributed by atoms with van der Waals surface area (Å²) in [5.74, 6) is -0.764. The van der Waals surface area contributed by atoms with Crippen molar-refractivity contribution in [3.63, 3.8) is 0 Å². The van der Waals surface area contributed by atoms with Crippen molar-refractivity contribution < 1.29 is 18.0 Å². The summed E-state index contributed by atoms with van der Waals surface area (Å²) in [5.41, 5.74) is 1.84. The molecule has 1 aliphatic carbocycles. The fourth-order valence-electron chi connectivity index (χ4n) is 5.14. The molecule has 0 saturated heterocycles. The first-order chi connectivity index (χ1) is 19.6. The number of hydrogen-bond donors (Lipinski definition) is 1. The Hall–Kier alpha value is -3.07. The standard InChI is InChI=1S/C31H35Cl2N3O4S/c1-3-29(31(38)34-25-11-5-6-12-25)35(20-23-10-4-7-14-28(23)33)30(37)21-36(26-13-8-9-22(2)19-26)41(39,40)27-17-15-24(32)16-18-27/h4,7-10,13-19,25,29H,3,5-6,11-12,20-21H2,1-2H3,(H,34,38)/t29-/m1/s1. The number of carbonyl (C=O) groups is 2. The molecule has 0 heterocycles. The predicted octanol–water partition coefficient (Wildman–Crippen LogP) is 6.36. The molecular formula is C31H35Cl2N3O4S. The average Bonchev–Trinajstić information content (AvgIpc) is 3.45. The molecule has 1 N–H and O–H groups in total. The van der Waals surface area contributed by atoms with Gasteiger partial charge in [0.1, 0.15) is 12.6 Å². The van der Waals surface area contributed by atoms with Crippen LogP contribution in [0.15, 0.2) is 77.7 Å². The van der Waals surface area contributed by atoms with Gasteiger partial charge in [0.25, 0.3) is 10.0 Å². The van der Waals surface area contributed by atoms with Crippen LogP contribution in [0.4, 0.5) is 5.69 Å².